The van der Waals surface area contributed by atoms with Crippen LogP contribution in [0.25, 0.3) is 0 Å². The molecule has 0 fully saturated rings. The number of carboxylic acid groups (broad SMARTS) is 1. The molecule has 0 aromatic heterocycles. The first-order chi connectivity index (χ1) is 5.43. The van der Waals surface area contributed by atoms with E-state index in [2.05, 4.69) is 0 Å². The monoisotopic (exact) mass is 175 g/mol. The Morgan fingerprint density at radius 2 is 1.92 bits per heavy atom. The largest absolute Gasteiger partial charge is 0.478 e. The van der Waals surface area contributed by atoms with E-state index < -0.39 is 18.1 Å². The molecule has 3 N–H and O–H groups in total. The van der Waals surface area contributed by atoms with E-state index in [1.165, 1.54) is 0 Å². The number of nitrogens with one attached hydrogen (secondary N) is 1. The molecule has 0 aliphatic heterocycles. The van der Waals surface area contributed by atoms with Crippen molar-refractivity contribution in [2.45, 2.75) is 26.5 Å². The second-order valence-electron chi connectivity index (χ2n) is 2.91. The van der Waals surface area contributed by atoms with Gasteiger partial charge in [0.15, 0.2) is 0 Å². The molecule has 1 atom stereocenters. The summed E-state index contributed by atoms with van der Waals surface area (Å²) in [7, 11) is 0. The molecule has 0 aromatic rings. The van der Waals surface area contributed by atoms with Crippen molar-refractivity contribution in [3.8, 4) is 0 Å². The minimum Gasteiger partial charge on any atom is -0.478 e. The SMILES string of the molecule is CC(C)CC(=O)N[C@H](O)C(=O)O. The average molecular weight is 175 g/mol. The van der Waals surface area contributed by atoms with E-state index in [1.807, 2.05) is 19.2 Å². The smallest absolute Gasteiger partial charge is 0.353 e. The lowest BCUT2D eigenvalue weighted by molar-refractivity contribution is -0.151. The van der Waals surface area contributed by atoms with Gasteiger partial charge in [-0.25, -0.2) is 4.79 Å². The summed E-state index contributed by atoms with van der Waals surface area (Å²) in [4.78, 5) is 20.9. The Bertz CT molecular complexity index is 178. The van der Waals surface area contributed by atoms with Crippen LogP contribution in [-0.2, 0) is 9.59 Å². The van der Waals surface area contributed by atoms with Crippen molar-refractivity contribution in [2.24, 2.45) is 5.92 Å². The van der Waals surface area contributed by atoms with Crippen LogP contribution in [0, 0.1) is 5.92 Å². The van der Waals surface area contributed by atoms with E-state index in [4.69, 9.17) is 10.2 Å². The number of hydrogen-bond acceptors (Lipinski definition) is 3. The average Bonchev–Trinajstić information content (AvgIpc) is 1.84. The summed E-state index contributed by atoms with van der Waals surface area (Å²) >= 11 is 0. The van der Waals surface area contributed by atoms with Gasteiger partial charge in [0, 0.05) is 6.42 Å². The predicted octanol–water partition coefficient (Wildman–Crippen LogP) is -0.448. The first-order valence-corrected chi connectivity index (χ1v) is 3.63. The number of carbonyl (C=O) groups is 2. The lowest BCUT2D eigenvalue weighted by Crippen LogP contribution is -2.40. The minimum absolute atomic E-state index is 0.144. The summed E-state index contributed by atoms with van der Waals surface area (Å²) in [6.07, 6.45) is -1.58. The van der Waals surface area contributed by atoms with Crippen LogP contribution in [-0.4, -0.2) is 28.3 Å². The number of hydrogen-bond donors (Lipinski definition) is 3. The fourth-order valence-electron chi connectivity index (χ4n) is 0.644. The Morgan fingerprint density at radius 1 is 1.42 bits per heavy atom. The molecule has 5 heteroatoms. The third-order valence-electron chi connectivity index (χ3n) is 1.13. The van der Waals surface area contributed by atoms with Gasteiger partial charge in [-0.3, -0.25) is 4.79 Å². The highest BCUT2D eigenvalue weighted by Gasteiger charge is 2.15. The lowest BCUT2D eigenvalue weighted by Gasteiger charge is -2.09. The van der Waals surface area contributed by atoms with Crippen LogP contribution in [0.4, 0.5) is 0 Å². The highest BCUT2D eigenvalue weighted by atomic mass is 16.4. The van der Waals surface area contributed by atoms with E-state index in [0.717, 1.165) is 0 Å². The maximum Gasteiger partial charge on any atom is 0.353 e. The van der Waals surface area contributed by atoms with Gasteiger partial charge in [-0.15, -0.1) is 0 Å². The minimum atomic E-state index is -1.80. The van der Waals surface area contributed by atoms with Gasteiger partial charge in [-0.2, -0.15) is 0 Å². The van der Waals surface area contributed by atoms with Crippen molar-refractivity contribution in [3.63, 3.8) is 0 Å². The quantitative estimate of drug-likeness (QED) is 0.505. The van der Waals surface area contributed by atoms with Gasteiger partial charge < -0.3 is 15.5 Å². The second kappa shape index (κ2) is 4.71. The van der Waals surface area contributed by atoms with E-state index in [0.29, 0.717) is 0 Å². The molecule has 1 amide bonds. The number of carbonyl (C=O) groups excluding carboxylic acids is 1. The van der Waals surface area contributed by atoms with Gasteiger partial charge in [0.2, 0.25) is 12.1 Å². The van der Waals surface area contributed by atoms with Crippen LogP contribution >= 0.6 is 0 Å². The summed E-state index contributed by atoms with van der Waals surface area (Å²) in [5.41, 5.74) is 0. The second-order valence-corrected chi connectivity index (χ2v) is 2.91. The van der Waals surface area contributed by atoms with E-state index in [1.54, 1.807) is 0 Å². The fourth-order valence-corrected chi connectivity index (χ4v) is 0.644. The van der Waals surface area contributed by atoms with Gasteiger partial charge in [0.1, 0.15) is 0 Å². The van der Waals surface area contributed by atoms with Crippen LogP contribution in [0.2, 0.25) is 0 Å². The molecule has 70 valence electrons. The summed E-state index contributed by atoms with van der Waals surface area (Å²) < 4.78 is 0. The van der Waals surface area contributed by atoms with Crippen LogP contribution in [0.15, 0.2) is 0 Å². The molecule has 0 unspecified atom stereocenters. The summed E-state index contributed by atoms with van der Waals surface area (Å²) in [5.74, 6) is -1.77. The maximum atomic E-state index is 10.8. The summed E-state index contributed by atoms with van der Waals surface area (Å²) in [6.45, 7) is 3.65. The molecule has 0 rings (SSSR count). The molecule has 0 heterocycles. The van der Waals surface area contributed by atoms with Crippen molar-refractivity contribution in [1.29, 1.82) is 0 Å². The molecule has 0 saturated heterocycles. The van der Waals surface area contributed by atoms with Gasteiger partial charge in [0.05, 0.1) is 0 Å². The summed E-state index contributed by atoms with van der Waals surface area (Å²) in [5, 5.41) is 18.8. The van der Waals surface area contributed by atoms with Crippen molar-refractivity contribution < 1.29 is 19.8 Å². The molecule has 0 spiro atoms. The molecular formula is C7H13NO4. The molecule has 0 saturated carbocycles. The Morgan fingerprint density at radius 3 is 2.25 bits per heavy atom. The topological polar surface area (TPSA) is 86.6 Å². The normalized spacial score (nSPS) is 12.7. The molecule has 5 nitrogen and oxygen atoms in total. The van der Waals surface area contributed by atoms with Gasteiger partial charge in [-0.05, 0) is 5.92 Å². The lowest BCUT2D eigenvalue weighted by atomic mass is 10.1. The van der Waals surface area contributed by atoms with Crippen LogP contribution in [0.5, 0.6) is 0 Å². The number of rotatable bonds is 4. The number of aliphatic hydroxyl groups is 1. The van der Waals surface area contributed by atoms with Crippen molar-refractivity contribution in [3.05, 3.63) is 0 Å². The number of aliphatic hydroxyl groups excluding tert-OH is 1. The standard InChI is InChI=1S/C7H13NO4/c1-4(2)3-5(9)8-6(10)7(11)12/h4,6,10H,3H2,1-2H3,(H,8,9)(H,11,12)/t6-/m1/s1. The molecular weight excluding hydrogens is 162 g/mol. The third-order valence-corrected chi connectivity index (χ3v) is 1.13. The maximum absolute atomic E-state index is 10.8. The zero-order chi connectivity index (χ0) is 9.72. The molecule has 0 aliphatic carbocycles. The first kappa shape index (κ1) is 10.9. The Hall–Kier alpha value is -1.10. The van der Waals surface area contributed by atoms with Crippen molar-refractivity contribution in [2.75, 3.05) is 0 Å². The number of aliphatic carboxylic acids is 1. The van der Waals surface area contributed by atoms with Crippen LogP contribution in [0.1, 0.15) is 20.3 Å². The summed E-state index contributed by atoms with van der Waals surface area (Å²) in [6, 6.07) is 0. The molecule has 0 aliphatic rings. The third kappa shape index (κ3) is 4.68. The van der Waals surface area contributed by atoms with Crippen LogP contribution in [0.3, 0.4) is 0 Å². The zero-order valence-corrected chi connectivity index (χ0v) is 7.07. The molecule has 0 radical (unpaired) electrons. The number of amides is 1. The first-order valence-electron chi connectivity index (χ1n) is 3.63. The van der Waals surface area contributed by atoms with Gasteiger partial charge in [-0.1, -0.05) is 13.8 Å². The van der Waals surface area contributed by atoms with Gasteiger partial charge in [0.25, 0.3) is 0 Å². The predicted molar refractivity (Wildman–Crippen MR) is 41.2 cm³/mol. The van der Waals surface area contributed by atoms with Crippen molar-refractivity contribution in [1.82, 2.24) is 5.32 Å². The fraction of sp³-hybridized carbons (Fsp3) is 0.714. The Kier molecular flexibility index (Phi) is 4.28. The highest BCUT2D eigenvalue weighted by molar-refractivity contribution is 5.82. The Labute approximate surface area is 70.4 Å². The van der Waals surface area contributed by atoms with E-state index >= 15 is 0 Å². The molecule has 0 bridgehead atoms. The molecule has 12 heavy (non-hydrogen) atoms. The molecule has 0 aromatic carbocycles. The zero-order valence-electron chi connectivity index (χ0n) is 7.07. The van der Waals surface area contributed by atoms with E-state index in [9.17, 15) is 9.59 Å². The van der Waals surface area contributed by atoms with Crippen LogP contribution < -0.4 is 5.32 Å². The van der Waals surface area contributed by atoms with Gasteiger partial charge >= 0.3 is 5.97 Å². The Balaban J connectivity index is 3.77. The highest BCUT2D eigenvalue weighted by Crippen LogP contribution is 1.98. The van der Waals surface area contributed by atoms with Crippen molar-refractivity contribution >= 4 is 11.9 Å². The van der Waals surface area contributed by atoms with E-state index in [-0.39, 0.29) is 12.3 Å². The number of carboxylic acids is 1.